The number of aryl methyl sites for hydroxylation is 1. The van der Waals surface area contributed by atoms with Gasteiger partial charge >= 0.3 is 0 Å². The molecule has 3 nitrogen and oxygen atoms in total. The monoisotopic (exact) mass is 350 g/mol. The Bertz CT molecular complexity index is 676. The topological polar surface area (TPSA) is 55.1 Å². The first-order valence-electron chi connectivity index (χ1n) is 7.51. The smallest absolute Gasteiger partial charge is 0.222 e. The Morgan fingerprint density at radius 2 is 2.00 bits per heavy atom. The van der Waals surface area contributed by atoms with Crippen LogP contribution < -0.4 is 11.1 Å². The lowest BCUT2D eigenvalue weighted by Crippen LogP contribution is -2.30. The molecular formula is C18H20Cl2N2O. The molecule has 1 amide bonds. The van der Waals surface area contributed by atoms with Crippen molar-refractivity contribution in [3.63, 3.8) is 0 Å². The van der Waals surface area contributed by atoms with Crippen LogP contribution in [0.4, 0.5) is 0 Å². The van der Waals surface area contributed by atoms with Crippen LogP contribution in [-0.4, -0.2) is 5.91 Å². The molecule has 2 atom stereocenters. The van der Waals surface area contributed by atoms with Gasteiger partial charge in [0.25, 0.3) is 0 Å². The predicted octanol–water partition coefficient (Wildman–Crippen LogP) is 3.96. The highest BCUT2D eigenvalue weighted by atomic mass is 35.5. The Morgan fingerprint density at radius 3 is 2.74 bits per heavy atom. The van der Waals surface area contributed by atoms with E-state index in [0.717, 1.165) is 23.4 Å². The summed E-state index contributed by atoms with van der Waals surface area (Å²) < 4.78 is 0. The van der Waals surface area contributed by atoms with Crippen LogP contribution in [0.5, 0.6) is 0 Å². The summed E-state index contributed by atoms with van der Waals surface area (Å²) in [6.07, 6.45) is 2.16. The van der Waals surface area contributed by atoms with Gasteiger partial charge in [-0.3, -0.25) is 4.79 Å². The SMILES string of the molecule is Cl.NC(CC(=O)NC1CCc2cc(Cl)ccc21)c1ccccc1. The van der Waals surface area contributed by atoms with Gasteiger partial charge in [0, 0.05) is 17.5 Å². The van der Waals surface area contributed by atoms with Gasteiger partial charge in [0.1, 0.15) is 0 Å². The summed E-state index contributed by atoms with van der Waals surface area (Å²) >= 11 is 6.01. The van der Waals surface area contributed by atoms with Gasteiger partial charge in [0.2, 0.25) is 5.91 Å². The lowest BCUT2D eigenvalue weighted by atomic mass is 10.0. The number of halogens is 2. The van der Waals surface area contributed by atoms with Crippen molar-refractivity contribution in [1.82, 2.24) is 5.32 Å². The van der Waals surface area contributed by atoms with E-state index >= 15 is 0 Å². The van der Waals surface area contributed by atoms with Gasteiger partial charge in [-0.15, -0.1) is 12.4 Å². The molecule has 0 fully saturated rings. The van der Waals surface area contributed by atoms with E-state index in [9.17, 15) is 4.79 Å². The lowest BCUT2D eigenvalue weighted by Gasteiger charge is -2.17. The van der Waals surface area contributed by atoms with Gasteiger partial charge in [-0.2, -0.15) is 0 Å². The minimum Gasteiger partial charge on any atom is -0.349 e. The first-order valence-corrected chi connectivity index (χ1v) is 7.89. The van der Waals surface area contributed by atoms with Crippen LogP contribution in [0.1, 0.15) is 41.6 Å². The third kappa shape index (κ3) is 4.25. The number of carbonyl (C=O) groups is 1. The van der Waals surface area contributed by atoms with Gasteiger partial charge in [0.15, 0.2) is 0 Å². The van der Waals surface area contributed by atoms with E-state index in [-0.39, 0.29) is 30.4 Å². The van der Waals surface area contributed by atoms with Crippen LogP contribution in [-0.2, 0) is 11.2 Å². The molecule has 0 aliphatic heterocycles. The zero-order valence-corrected chi connectivity index (χ0v) is 14.2. The fourth-order valence-corrected chi connectivity index (χ4v) is 3.20. The molecule has 2 aromatic rings. The number of hydrogen-bond acceptors (Lipinski definition) is 2. The number of nitrogens with one attached hydrogen (secondary N) is 1. The highest BCUT2D eigenvalue weighted by molar-refractivity contribution is 6.30. The molecule has 3 rings (SSSR count). The molecule has 0 heterocycles. The summed E-state index contributed by atoms with van der Waals surface area (Å²) in [5.74, 6) is -0.0100. The Labute approximate surface area is 147 Å². The van der Waals surface area contributed by atoms with Crippen molar-refractivity contribution < 1.29 is 4.79 Å². The predicted molar refractivity (Wildman–Crippen MR) is 95.9 cm³/mol. The fraction of sp³-hybridized carbons (Fsp3) is 0.278. The zero-order valence-electron chi connectivity index (χ0n) is 12.7. The minimum atomic E-state index is -0.271. The van der Waals surface area contributed by atoms with Crippen molar-refractivity contribution >= 4 is 29.9 Å². The van der Waals surface area contributed by atoms with Gasteiger partial charge in [-0.05, 0) is 41.7 Å². The van der Waals surface area contributed by atoms with Crippen molar-refractivity contribution in [1.29, 1.82) is 0 Å². The van der Waals surface area contributed by atoms with Crippen LogP contribution >= 0.6 is 24.0 Å². The molecule has 3 N–H and O–H groups in total. The Kier molecular flexibility index (Phi) is 6.05. The average Bonchev–Trinajstić information content (AvgIpc) is 2.90. The maximum Gasteiger partial charge on any atom is 0.222 e. The average molecular weight is 351 g/mol. The molecular weight excluding hydrogens is 331 g/mol. The maximum atomic E-state index is 12.2. The van der Waals surface area contributed by atoms with Crippen LogP contribution in [0, 0.1) is 0 Å². The van der Waals surface area contributed by atoms with Crippen molar-refractivity contribution in [2.24, 2.45) is 5.73 Å². The standard InChI is InChI=1S/C18H19ClN2O.ClH/c19-14-7-8-15-13(10-14)6-9-17(15)21-18(22)11-16(20)12-4-2-1-3-5-12;/h1-5,7-8,10,16-17H,6,9,11,20H2,(H,21,22);1H. The molecule has 2 unspecified atom stereocenters. The molecule has 23 heavy (non-hydrogen) atoms. The number of rotatable bonds is 4. The van der Waals surface area contributed by atoms with Gasteiger partial charge in [0.05, 0.1) is 6.04 Å². The van der Waals surface area contributed by atoms with Crippen LogP contribution in [0.2, 0.25) is 5.02 Å². The van der Waals surface area contributed by atoms with Gasteiger partial charge in [-0.25, -0.2) is 0 Å². The molecule has 0 spiro atoms. The van der Waals surface area contributed by atoms with Crippen LogP contribution in [0.25, 0.3) is 0 Å². The number of hydrogen-bond donors (Lipinski definition) is 2. The summed E-state index contributed by atoms with van der Waals surface area (Å²) in [6, 6.07) is 15.4. The van der Waals surface area contributed by atoms with Gasteiger partial charge < -0.3 is 11.1 Å². The van der Waals surface area contributed by atoms with E-state index in [1.807, 2.05) is 48.5 Å². The second kappa shape index (κ2) is 7.82. The molecule has 0 saturated heterocycles. The van der Waals surface area contributed by atoms with E-state index in [2.05, 4.69) is 5.32 Å². The molecule has 0 saturated carbocycles. The Hall–Kier alpha value is -1.55. The first kappa shape index (κ1) is 17.8. The van der Waals surface area contributed by atoms with Gasteiger partial charge in [-0.1, -0.05) is 48.0 Å². The summed E-state index contributed by atoms with van der Waals surface area (Å²) in [4.78, 5) is 12.2. The highest BCUT2D eigenvalue weighted by Crippen LogP contribution is 2.33. The summed E-state index contributed by atoms with van der Waals surface area (Å²) in [5, 5.41) is 3.84. The second-order valence-electron chi connectivity index (χ2n) is 5.72. The van der Waals surface area contributed by atoms with Crippen molar-refractivity contribution in [2.75, 3.05) is 0 Å². The molecule has 0 bridgehead atoms. The number of amides is 1. The molecule has 0 radical (unpaired) electrons. The van der Waals surface area contributed by atoms with Crippen LogP contribution in [0.15, 0.2) is 48.5 Å². The molecule has 0 aromatic heterocycles. The third-order valence-corrected chi connectivity index (χ3v) is 4.39. The molecule has 1 aliphatic rings. The summed E-state index contributed by atoms with van der Waals surface area (Å²) in [6.45, 7) is 0. The Balaban J connectivity index is 0.00000192. The second-order valence-corrected chi connectivity index (χ2v) is 6.16. The zero-order chi connectivity index (χ0) is 15.5. The van der Waals surface area contributed by atoms with Crippen molar-refractivity contribution in [3.05, 3.63) is 70.2 Å². The lowest BCUT2D eigenvalue weighted by molar-refractivity contribution is -0.122. The van der Waals surface area contributed by atoms with E-state index in [4.69, 9.17) is 17.3 Å². The van der Waals surface area contributed by atoms with E-state index in [1.54, 1.807) is 0 Å². The number of carbonyl (C=O) groups excluding carboxylic acids is 1. The fourth-order valence-electron chi connectivity index (χ4n) is 3.01. The van der Waals surface area contributed by atoms with Crippen LogP contribution in [0.3, 0.4) is 0 Å². The number of benzene rings is 2. The number of nitrogens with two attached hydrogens (primary N) is 1. The van der Waals surface area contributed by atoms with Crippen molar-refractivity contribution in [3.8, 4) is 0 Å². The maximum absolute atomic E-state index is 12.2. The molecule has 2 aromatic carbocycles. The summed E-state index contributed by atoms with van der Waals surface area (Å²) in [5.41, 5.74) is 9.49. The highest BCUT2D eigenvalue weighted by Gasteiger charge is 2.24. The van der Waals surface area contributed by atoms with E-state index < -0.39 is 0 Å². The normalized spacial score (nSPS) is 17.0. The largest absolute Gasteiger partial charge is 0.349 e. The van der Waals surface area contributed by atoms with E-state index in [0.29, 0.717) is 6.42 Å². The molecule has 5 heteroatoms. The van der Waals surface area contributed by atoms with Crippen molar-refractivity contribution in [2.45, 2.75) is 31.3 Å². The molecule has 1 aliphatic carbocycles. The minimum absolute atomic E-state index is 0. The van der Waals surface area contributed by atoms with E-state index in [1.165, 1.54) is 11.1 Å². The quantitative estimate of drug-likeness (QED) is 0.876. The summed E-state index contributed by atoms with van der Waals surface area (Å²) in [7, 11) is 0. The Morgan fingerprint density at radius 1 is 1.26 bits per heavy atom. The first-order chi connectivity index (χ1) is 10.6. The number of fused-ring (bicyclic) bond motifs is 1. The third-order valence-electron chi connectivity index (χ3n) is 4.15. The molecule has 122 valence electrons.